The van der Waals surface area contributed by atoms with E-state index in [1.807, 2.05) is 48.5 Å². The van der Waals surface area contributed by atoms with Crippen molar-refractivity contribution in [3.63, 3.8) is 0 Å². The molecule has 0 aliphatic heterocycles. The number of phenolic OH excluding ortho intramolecular Hbond substituents is 1. The van der Waals surface area contributed by atoms with Crippen LogP contribution < -0.4 is 4.98 Å². The van der Waals surface area contributed by atoms with Gasteiger partial charge in [-0.05, 0) is 18.2 Å². The normalized spacial score (nSPS) is 10.7. The average Bonchev–Trinajstić information content (AvgIpc) is 3.09. The molecule has 0 fully saturated rings. The lowest BCUT2D eigenvalue weighted by Crippen LogP contribution is -2.05. The van der Waals surface area contributed by atoms with Gasteiger partial charge in [0, 0.05) is 11.1 Å². The summed E-state index contributed by atoms with van der Waals surface area (Å²) in [6, 6.07) is 27.7. The van der Waals surface area contributed by atoms with E-state index in [0.717, 1.165) is 33.9 Å². The van der Waals surface area contributed by atoms with Gasteiger partial charge in [0.2, 0.25) is 0 Å². The van der Waals surface area contributed by atoms with Crippen molar-refractivity contribution in [1.29, 1.82) is 0 Å². The Hall–Kier alpha value is -3.33. The molecule has 0 unspecified atom stereocenters. The van der Waals surface area contributed by atoms with Gasteiger partial charge in [0.1, 0.15) is 5.75 Å². The number of hydrogen-bond donors (Lipinski definition) is 2. The van der Waals surface area contributed by atoms with Gasteiger partial charge in [-0.25, -0.2) is 9.97 Å². The van der Waals surface area contributed by atoms with Crippen LogP contribution in [-0.4, -0.2) is 10.1 Å². The molecule has 0 aliphatic carbocycles. The first kappa shape index (κ1) is 14.3. The van der Waals surface area contributed by atoms with Crippen LogP contribution in [0, 0.1) is 0 Å². The molecule has 24 heavy (non-hydrogen) atoms. The molecule has 3 heteroatoms. The Bertz CT molecular complexity index is 903. The first-order valence-corrected chi connectivity index (χ1v) is 7.87. The highest BCUT2D eigenvalue weighted by Gasteiger charge is 2.21. The van der Waals surface area contributed by atoms with E-state index in [0.29, 0.717) is 0 Å². The van der Waals surface area contributed by atoms with Gasteiger partial charge in [0.25, 0.3) is 5.82 Å². The lowest BCUT2D eigenvalue weighted by Gasteiger charge is -1.98. The van der Waals surface area contributed by atoms with Gasteiger partial charge in [-0.15, -0.1) is 0 Å². The monoisotopic (exact) mass is 313 g/mol. The zero-order valence-corrected chi connectivity index (χ0v) is 13.0. The molecule has 4 aromatic rings. The molecule has 0 spiro atoms. The summed E-state index contributed by atoms with van der Waals surface area (Å²) in [4.78, 5) is 6.95. The van der Waals surface area contributed by atoms with Crippen molar-refractivity contribution in [2.75, 3.05) is 0 Å². The zero-order valence-electron chi connectivity index (χ0n) is 13.0. The molecule has 0 radical (unpaired) electrons. The number of aromatic amines is 2. The largest absolute Gasteiger partial charge is 0.508 e. The first-order chi connectivity index (χ1) is 11.8. The summed E-state index contributed by atoms with van der Waals surface area (Å²) in [5.74, 6) is 1.11. The van der Waals surface area contributed by atoms with Gasteiger partial charge in [-0.2, -0.15) is 0 Å². The Labute approximate surface area is 140 Å². The zero-order chi connectivity index (χ0) is 16.4. The molecule has 1 aromatic heterocycles. The molecular formula is C21H17N2O+. The number of phenols is 1. The predicted molar refractivity (Wildman–Crippen MR) is 95.3 cm³/mol. The summed E-state index contributed by atoms with van der Waals surface area (Å²) in [6.45, 7) is 0. The van der Waals surface area contributed by atoms with Crippen LogP contribution in [0.3, 0.4) is 0 Å². The van der Waals surface area contributed by atoms with Gasteiger partial charge in [0.15, 0.2) is 11.4 Å². The van der Waals surface area contributed by atoms with Gasteiger partial charge in [-0.1, -0.05) is 66.7 Å². The number of rotatable bonds is 3. The van der Waals surface area contributed by atoms with Crippen molar-refractivity contribution >= 4 is 0 Å². The second-order valence-electron chi connectivity index (χ2n) is 5.66. The third-order valence-electron chi connectivity index (χ3n) is 4.01. The maximum Gasteiger partial charge on any atom is 0.285 e. The Morgan fingerprint density at radius 3 is 1.96 bits per heavy atom. The summed E-state index contributed by atoms with van der Waals surface area (Å²) in [5.41, 5.74) is 5.19. The lowest BCUT2D eigenvalue weighted by molar-refractivity contribution is -0.349. The van der Waals surface area contributed by atoms with Crippen molar-refractivity contribution in [2.24, 2.45) is 0 Å². The van der Waals surface area contributed by atoms with Gasteiger partial charge in [0.05, 0.1) is 5.56 Å². The molecule has 3 nitrogen and oxygen atoms in total. The Kier molecular flexibility index (Phi) is 3.60. The highest BCUT2D eigenvalue weighted by Crippen LogP contribution is 2.30. The second kappa shape index (κ2) is 6.05. The van der Waals surface area contributed by atoms with E-state index in [1.165, 1.54) is 0 Å². The van der Waals surface area contributed by atoms with E-state index in [1.54, 1.807) is 12.1 Å². The van der Waals surface area contributed by atoms with Gasteiger partial charge in [-0.3, -0.25) is 0 Å². The number of aromatic nitrogens is 2. The van der Waals surface area contributed by atoms with Crippen molar-refractivity contribution in [1.82, 2.24) is 4.98 Å². The van der Waals surface area contributed by atoms with E-state index < -0.39 is 0 Å². The molecule has 3 aromatic carbocycles. The topological polar surface area (TPSA) is 50.2 Å². The van der Waals surface area contributed by atoms with Crippen LogP contribution in [0.15, 0.2) is 84.9 Å². The molecule has 0 aliphatic rings. The fourth-order valence-corrected chi connectivity index (χ4v) is 2.85. The molecular weight excluding hydrogens is 296 g/mol. The third-order valence-corrected chi connectivity index (χ3v) is 4.01. The second-order valence-corrected chi connectivity index (χ2v) is 5.66. The van der Waals surface area contributed by atoms with E-state index in [4.69, 9.17) is 0 Å². The number of imidazole rings is 1. The SMILES string of the molecule is Oc1cccc(-c2[nH]c(-c3ccccc3)c(-c3ccccc3)[nH+]2)c1. The summed E-state index contributed by atoms with van der Waals surface area (Å²) in [6.07, 6.45) is 0. The molecule has 0 bridgehead atoms. The van der Waals surface area contributed by atoms with E-state index in [-0.39, 0.29) is 5.75 Å². The van der Waals surface area contributed by atoms with Crippen LogP contribution >= 0.6 is 0 Å². The van der Waals surface area contributed by atoms with Crippen LogP contribution in [0.2, 0.25) is 0 Å². The van der Waals surface area contributed by atoms with Crippen LogP contribution in [0.5, 0.6) is 5.75 Å². The lowest BCUT2D eigenvalue weighted by atomic mass is 10.1. The molecule has 116 valence electrons. The average molecular weight is 313 g/mol. The van der Waals surface area contributed by atoms with E-state index in [9.17, 15) is 5.11 Å². The molecule has 4 rings (SSSR count). The maximum atomic E-state index is 9.76. The Morgan fingerprint density at radius 2 is 1.29 bits per heavy atom. The summed E-state index contributed by atoms with van der Waals surface area (Å²) in [7, 11) is 0. The van der Waals surface area contributed by atoms with Crippen molar-refractivity contribution in [3.8, 4) is 39.7 Å². The van der Waals surface area contributed by atoms with E-state index in [2.05, 4.69) is 34.2 Å². The van der Waals surface area contributed by atoms with Gasteiger partial charge < -0.3 is 5.11 Å². The molecule has 3 N–H and O–H groups in total. The highest BCUT2D eigenvalue weighted by atomic mass is 16.3. The standard InChI is InChI=1S/C21H16N2O/c24-18-13-7-12-17(14-18)21-22-19(15-8-3-1-4-9-15)20(23-21)16-10-5-2-6-11-16/h1-14,24H,(H,22,23)/p+1. The minimum atomic E-state index is 0.248. The molecule has 1 heterocycles. The van der Waals surface area contributed by atoms with Crippen LogP contribution in [0.4, 0.5) is 0 Å². The molecule has 0 saturated heterocycles. The van der Waals surface area contributed by atoms with Crippen LogP contribution in [-0.2, 0) is 0 Å². The van der Waals surface area contributed by atoms with Crippen molar-refractivity contribution in [3.05, 3.63) is 84.9 Å². The number of benzene rings is 3. The minimum Gasteiger partial charge on any atom is -0.508 e. The van der Waals surface area contributed by atoms with Gasteiger partial charge >= 0.3 is 0 Å². The quantitative estimate of drug-likeness (QED) is 0.573. The smallest absolute Gasteiger partial charge is 0.285 e. The number of nitrogens with one attached hydrogen (secondary N) is 2. The maximum absolute atomic E-state index is 9.76. The molecule has 0 atom stereocenters. The summed E-state index contributed by atoms with van der Waals surface area (Å²) < 4.78 is 0. The van der Waals surface area contributed by atoms with Crippen LogP contribution in [0.1, 0.15) is 0 Å². The van der Waals surface area contributed by atoms with Crippen molar-refractivity contribution in [2.45, 2.75) is 0 Å². The first-order valence-electron chi connectivity index (χ1n) is 7.87. The Balaban J connectivity index is 1.91. The minimum absolute atomic E-state index is 0.248. The molecule has 0 saturated carbocycles. The number of aromatic hydroxyl groups is 1. The highest BCUT2D eigenvalue weighted by molar-refractivity contribution is 5.77. The predicted octanol–water partition coefficient (Wildman–Crippen LogP) is 4.54. The van der Waals surface area contributed by atoms with E-state index >= 15 is 0 Å². The number of hydrogen-bond acceptors (Lipinski definition) is 1. The third kappa shape index (κ3) is 2.68. The molecule has 0 amide bonds. The van der Waals surface area contributed by atoms with Crippen LogP contribution in [0.25, 0.3) is 33.9 Å². The summed E-state index contributed by atoms with van der Waals surface area (Å²) >= 11 is 0. The summed E-state index contributed by atoms with van der Waals surface area (Å²) in [5, 5.41) is 9.76. The fourth-order valence-electron chi connectivity index (χ4n) is 2.85. The Morgan fingerprint density at radius 1 is 0.667 bits per heavy atom. The fraction of sp³-hybridized carbons (Fsp3) is 0. The van der Waals surface area contributed by atoms with Crippen molar-refractivity contribution < 1.29 is 10.1 Å². The number of H-pyrrole nitrogens is 2.